The fourth-order valence-corrected chi connectivity index (χ4v) is 0.973. The Bertz CT molecular complexity index is 95.9. The molecule has 0 aromatic heterocycles. The molecule has 2 atom stereocenters. The lowest BCUT2D eigenvalue weighted by Crippen LogP contribution is -2.32. The Kier molecular flexibility index (Phi) is 3.29. The minimum atomic E-state index is -0.794. The molecule has 0 aliphatic heterocycles. The molecule has 1 nitrogen and oxygen atoms in total. The second-order valence-electron chi connectivity index (χ2n) is 3.98. The van der Waals surface area contributed by atoms with Gasteiger partial charge in [0, 0.05) is 5.92 Å². The van der Waals surface area contributed by atoms with E-state index in [0.29, 0.717) is 6.54 Å². The van der Waals surface area contributed by atoms with Crippen molar-refractivity contribution in [2.24, 2.45) is 17.1 Å². The molecule has 10 heavy (non-hydrogen) atoms. The molecule has 0 rings (SSSR count). The fraction of sp³-hybridized carbons (Fsp3) is 1.00. The number of rotatable bonds is 2. The quantitative estimate of drug-likeness (QED) is 0.635. The molecule has 0 aliphatic carbocycles. The molecule has 0 aliphatic rings. The van der Waals surface area contributed by atoms with Gasteiger partial charge in [-0.05, 0) is 12.0 Å². The summed E-state index contributed by atoms with van der Waals surface area (Å²) in [4.78, 5) is 0. The molecule has 2 heteroatoms. The molecule has 62 valence electrons. The molecular formula is C8H18FN. The number of hydrogen-bond acceptors (Lipinski definition) is 1. The maximum absolute atomic E-state index is 13.2. The van der Waals surface area contributed by atoms with Gasteiger partial charge in [0.1, 0.15) is 6.17 Å². The van der Waals surface area contributed by atoms with Gasteiger partial charge in [-0.25, -0.2) is 4.39 Å². The van der Waals surface area contributed by atoms with Gasteiger partial charge in [-0.15, -0.1) is 0 Å². The summed E-state index contributed by atoms with van der Waals surface area (Å²) < 4.78 is 13.2. The van der Waals surface area contributed by atoms with Crippen molar-refractivity contribution in [2.75, 3.05) is 6.54 Å². The average molecular weight is 147 g/mol. The maximum Gasteiger partial charge on any atom is 0.109 e. The molecule has 0 aromatic rings. The van der Waals surface area contributed by atoms with E-state index in [2.05, 4.69) is 0 Å². The summed E-state index contributed by atoms with van der Waals surface area (Å²) >= 11 is 0. The van der Waals surface area contributed by atoms with Crippen LogP contribution in [0.1, 0.15) is 27.7 Å². The van der Waals surface area contributed by atoms with E-state index in [0.717, 1.165) is 0 Å². The topological polar surface area (TPSA) is 26.0 Å². The van der Waals surface area contributed by atoms with E-state index in [1.54, 1.807) is 0 Å². The summed E-state index contributed by atoms with van der Waals surface area (Å²) in [6, 6.07) is 0. The van der Waals surface area contributed by atoms with Crippen LogP contribution >= 0.6 is 0 Å². The van der Waals surface area contributed by atoms with Gasteiger partial charge in [-0.1, -0.05) is 27.7 Å². The smallest absolute Gasteiger partial charge is 0.109 e. The van der Waals surface area contributed by atoms with Crippen molar-refractivity contribution in [3.05, 3.63) is 0 Å². The van der Waals surface area contributed by atoms with Crippen LogP contribution in [0.5, 0.6) is 0 Å². The van der Waals surface area contributed by atoms with E-state index in [4.69, 9.17) is 5.73 Å². The van der Waals surface area contributed by atoms with Gasteiger partial charge in [0.2, 0.25) is 0 Å². The zero-order valence-electron chi connectivity index (χ0n) is 7.32. The van der Waals surface area contributed by atoms with Gasteiger partial charge >= 0.3 is 0 Å². The van der Waals surface area contributed by atoms with Gasteiger partial charge in [0.15, 0.2) is 0 Å². The first-order valence-corrected chi connectivity index (χ1v) is 3.73. The molecule has 0 spiro atoms. The maximum atomic E-state index is 13.2. The highest BCUT2D eigenvalue weighted by atomic mass is 19.1. The van der Waals surface area contributed by atoms with Gasteiger partial charge in [-0.3, -0.25) is 0 Å². The van der Waals surface area contributed by atoms with Gasteiger partial charge in [-0.2, -0.15) is 0 Å². The predicted octanol–water partition coefficient (Wildman–Crippen LogP) is 1.97. The van der Waals surface area contributed by atoms with Crippen LogP contribution in [0.3, 0.4) is 0 Å². The Morgan fingerprint density at radius 3 is 1.90 bits per heavy atom. The number of halogens is 1. The summed E-state index contributed by atoms with van der Waals surface area (Å²) in [5.74, 6) is -0.0278. The van der Waals surface area contributed by atoms with E-state index < -0.39 is 6.17 Å². The van der Waals surface area contributed by atoms with Crippen molar-refractivity contribution in [3.8, 4) is 0 Å². The second kappa shape index (κ2) is 3.33. The molecule has 0 heterocycles. The van der Waals surface area contributed by atoms with Crippen molar-refractivity contribution in [1.82, 2.24) is 0 Å². The van der Waals surface area contributed by atoms with Crippen LogP contribution in [0.2, 0.25) is 0 Å². The lowest BCUT2D eigenvalue weighted by Gasteiger charge is -2.27. The number of alkyl halides is 1. The zero-order chi connectivity index (χ0) is 8.36. The van der Waals surface area contributed by atoms with E-state index in [9.17, 15) is 4.39 Å². The first-order chi connectivity index (χ1) is 4.39. The Balaban J connectivity index is 3.94. The van der Waals surface area contributed by atoms with Crippen molar-refractivity contribution < 1.29 is 4.39 Å². The Labute approximate surface area is 62.8 Å². The number of nitrogens with two attached hydrogens (primary N) is 1. The van der Waals surface area contributed by atoms with Gasteiger partial charge in [0.25, 0.3) is 0 Å². The lowest BCUT2D eigenvalue weighted by atomic mass is 9.83. The largest absolute Gasteiger partial charge is 0.330 e. The average Bonchev–Trinajstić information content (AvgIpc) is 1.83. The number of hydrogen-bond donors (Lipinski definition) is 1. The zero-order valence-corrected chi connectivity index (χ0v) is 7.32. The Hall–Kier alpha value is -0.110. The third-order valence-electron chi connectivity index (χ3n) is 1.70. The van der Waals surface area contributed by atoms with Crippen LogP contribution < -0.4 is 5.73 Å². The standard InChI is InChI=1S/C8H18FN/c1-6(5-10)7(9)8(2,3)4/h6-7H,5,10H2,1-4H3. The third kappa shape index (κ3) is 2.65. The normalized spacial score (nSPS) is 18.6. The minimum absolute atomic E-state index is 0.0278. The van der Waals surface area contributed by atoms with E-state index in [1.165, 1.54) is 0 Å². The molecule has 2 N–H and O–H groups in total. The van der Waals surface area contributed by atoms with Crippen LogP contribution in [0.15, 0.2) is 0 Å². The molecule has 0 aromatic carbocycles. The second-order valence-corrected chi connectivity index (χ2v) is 3.98. The van der Waals surface area contributed by atoms with E-state index in [1.807, 2.05) is 27.7 Å². The van der Waals surface area contributed by atoms with Crippen LogP contribution in [0.25, 0.3) is 0 Å². The van der Waals surface area contributed by atoms with Crippen LogP contribution in [-0.4, -0.2) is 12.7 Å². The van der Waals surface area contributed by atoms with Crippen molar-refractivity contribution >= 4 is 0 Å². The van der Waals surface area contributed by atoms with Crippen molar-refractivity contribution in [1.29, 1.82) is 0 Å². The summed E-state index contributed by atoms with van der Waals surface area (Å²) in [7, 11) is 0. The fourth-order valence-electron chi connectivity index (χ4n) is 0.973. The predicted molar refractivity (Wildman–Crippen MR) is 42.6 cm³/mol. The van der Waals surface area contributed by atoms with Crippen molar-refractivity contribution in [2.45, 2.75) is 33.9 Å². The highest BCUT2D eigenvalue weighted by Gasteiger charge is 2.28. The molecular weight excluding hydrogens is 129 g/mol. The van der Waals surface area contributed by atoms with E-state index >= 15 is 0 Å². The molecule has 0 radical (unpaired) electrons. The molecule has 0 saturated carbocycles. The van der Waals surface area contributed by atoms with Crippen LogP contribution in [-0.2, 0) is 0 Å². The molecule has 0 amide bonds. The Morgan fingerprint density at radius 1 is 1.40 bits per heavy atom. The first kappa shape index (κ1) is 9.89. The van der Waals surface area contributed by atoms with Crippen LogP contribution in [0.4, 0.5) is 4.39 Å². The monoisotopic (exact) mass is 147 g/mol. The highest BCUT2D eigenvalue weighted by Crippen LogP contribution is 2.27. The van der Waals surface area contributed by atoms with Gasteiger partial charge < -0.3 is 5.73 Å². The van der Waals surface area contributed by atoms with Crippen molar-refractivity contribution in [3.63, 3.8) is 0 Å². The summed E-state index contributed by atoms with van der Waals surface area (Å²) in [5, 5.41) is 0. The van der Waals surface area contributed by atoms with Crippen LogP contribution in [0, 0.1) is 11.3 Å². The Morgan fingerprint density at radius 2 is 1.80 bits per heavy atom. The first-order valence-electron chi connectivity index (χ1n) is 3.73. The van der Waals surface area contributed by atoms with E-state index in [-0.39, 0.29) is 11.3 Å². The lowest BCUT2D eigenvalue weighted by molar-refractivity contribution is 0.109. The third-order valence-corrected chi connectivity index (χ3v) is 1.70. The highest BCUT2D eigenvalue weighted by molar-refractivity contribution is 4.78. The molecule has 0 saturated heterocycles. The van der Waals surface area contributed by atoms with Gasteiger partial charge in [0.05, 0.1) is 0 Å². The minimum Gasteiger partial charge on any atom is -0.330 e. The molecule has 0 bridgehead atoms. The SMILES string of the molecule is CC(CN)C(F)C(C)(C)C. The molecule has 2 unspecified atom stereocenters. The summed E-state index contributed by atoms with van der Waals surface area (Å²) in [5.41, 5.74) is 5.06. The molecule has 0 fully saturated rings. The summed E-state index contributed by atoms with van der Waals surface area (Å²) in [6.07, 6.45) is -0.794. The summed E-state index contributed by atoms with van der Waals surface area (Å²) in [6.45, 7) is 7.95.